The Bertz CT molecular complexity index is 853. The summed E-state index contributed by atoms with van der Waals surface area (Å²) in [4.78, 5) is 11.8. The van der Waals surface area contributed by atoms with Crippen LogP contribution in [0.3, 0.4) is 0 Å². The first-order valence-electron chi connectivity index (χ1n) is 6.51. The molecule has 0 spiro atoms. The molecule has 0 saturated carbocycles. The van der Waals surface area contributed by atoms with Crippen molar-refractivity contribution in [1.29, 1.82) is 0 Å². The van der Waals surface area contributed by atoms with Gasteiger partial charge < -0.3 is 14.8 Å². The van der Waals surface area contributed by atoms with Gasteiger partial charge in [0.2, 0.25) is 0 Å². The predicted molar refractivity (Wildman–Crippen MR) is 88.8 cm³/mol. The number of benzene rings is 2. The highest BCUT2D eigenvalue weighted by Crippen LogP contribution is 2.27. The van der Waals surface area contributed by atoms with E-state index in [1.54, 1.807) is 24.3 Å². The molecule has 2 amide bonds. The minimum absolute atomic E-state index is 0.228. The Balaban J connectivity index is 1.98. The molecule has 0 atom stereocenters. The summed E-state index contributed by atoms with van der Waals surface area (Å²) in [6.45, 7) is 0. The zero-order valence-corrected chi connectivity index (χ0v) is 14.6. The van der Waals surface area contributed by atoms with Crippen LogP contribution in [0.15, 0.2) is 53.0 Å². The zero-order valence-electron chi connectivity index (χ0n) is 12.2. The third kappa shape index (κ3) is 5.36. The van der Waals surface area contributed by atoms with Crippen LogP contribution in [0.2, 0.25) is 0 Å². The van der Waals surface area contributed by atoms with E-state index >= 15 is 0 Å². The Morgan fingerprint density at radius 3 is 1.80 bits per heavy atom. The lowest BCUT2D eigenvalue weighted by atomic mass is 10.3. The molecule has 134 valence electrons. The van der Waals surface area contributed by atoms with Gasteiger partial charge in [0.15, 0.2) is 0 Å². The molecule has 0 radical (unpaired) electrons. The van der Waals surface area contributed by atoms with Gasteiger partial charge in [0.1, 0.15) is 5.75 Å². The molecule has 0 saturated heterocycles. The molecule has 0 aliphatic heterocycles. The minimum Gasteiger partial charge on any atom is -0.376 e. The van der Waals surface area contributed by atoms with Crippen LogP contribution < -0.4 is 14.8 Å². The van der Waals surface area contributed by atoms with Gasteiger partial charge in [0.25, 0.3) is 0 Å². The molecule has 0 heterocycles. The Hall–Kier alpha value is -2.27. The monoisotopic (exact) mass is 438 g/mol. The van der Waals surface area contributed by atoms with Crippen LogP contribution in [0.25, 0.3) is 0 Å². The van der Waals surface area contributed by atoms with Crippen molar-refractivity contribution >= 4 is 43.5 Å². The van der Waals surface area contributed by atoms with E-state index in [4.69, 9.17) is 0 Å². The smallest absolute Gasteiger partial charge is 0.376 e. The van der Waals surface area contributed by atoms with E-state index in [2.05, 4.69) is 30.7 Å². The first kappa shape index (κ1) is 19.1. The van der Waals surface area contributed by atoms with E-state index < -0.39 is 27.4 Å². The first-order valence-corrected chi connectivity index (χ1v) is 8.71. The summed E-state index contributed by atoms with van der Waals surface area (Å²) in [5.41, 5.74) is -4.77. The molecule has 25 heavy (non-hydrogen) atoms. The molecule has 0 bridgehead atoms. The molecule has 11 heteroatoms. The van der Waals surface area contributed by atoms with Crippen molar-refractivity contribution in [1.82, 2.24) is 0 Å². The van der Waals surface area contributed by atoms with Gasteiger partial charge in [0, 0.05) is 15.8 Å². The predicted octanol–water partition coefficient (Wildman–Crippen LogP) is 4.32. The van der Waals surface area contributed by atoms with E-state index in [1.165, 1.54) is 12.1 Å². The summed E-state index contributed by atoms with van der Waals surface area (Å²) in [5.74, 6) is -0.531. The van der Waals surface area contributed by atoms with Crippen LogP contribution in [0, 0.1) is 0 Å². The molecule has 0 unspecified atom stereocenters. The highest BCUT2D eigenvalue weighted by atomic mass is 79.9. The summed E-state index contributed by atoms with van der Waals surface area (Å²) >= 11 is 3.25. The van der Waals surface area contributed by atoms with Crippen molar-refractivity contribution in [2.24, 2.45) is 0 Å². The Morgan fingerprint density at radius 1 is 0.920 bits per heavy atom. The molecular weight excluding hydrogens is 429 g/mol. The fraction of sp³-hybridized carbons (Fsp3) is 0.0714. The topological polar surface area (TPSA) is 84.5 Å². The molecule has 0 aromatic heterocycles. The molecule has 6 nitrogen and oxygen atoms in total. The van der Waals surface area contributed by atoms with E-state index in [9.17, 15) is 26.4 Å². The third-order valence-corrected chi connectivity index (χ3v) is 4.21. The van der Waals surface area contributed by atoms with Crippen molar-refractivity contribution in [2.45, 2.75) is 5.51 Å². The number of carbonyl (C=O) groups excluding carboxylic acids is 1. The number of urea groups is 1. The maximum absolute atomic E-state index is 12.2. The Morgan fingerprint density at radius 2 is 1.36 bits per heavy atom. The van der Waals surface area contributed by atoms with Crippen LogP contribution in [0.5, 0.6) is 5.75 Å². The Labute approximate surface area is 149 Å². The van der Waals surface area contributed by atoms with E-state index in [1.807, 2.05) is 0 Å². The second-order valence-electron chi connectivity index (χ2n) is 4.59. The normalized spacial score (nSPS) is 11.7. The number of carbonyl (C=O) groups is 1. The van der Waals surface area contributed by atoms with E-state index in [0.717, 1.165) is 16.6 Å². The average Bonchev–Trinajstić information content (AvgIpc) is 2.50. The lowest BCUT2D eigenvalue weighted by Gasteiger charge is -2.10. The summed E-state index contributed by atoms with van der Waals surface area (Å²) in [5, 5.41) is 4.98. The molecular formula is C14H10BrF3N2O4S. The van der Waals surface area contributed by atoms with Gasteiger partial charge in [-0.2, -0.15) is 21.6 Å². The van der Waals surface area contributed by atoms with Gasteiger partial charge in [-0.05, 0) is 48.5 Å². The van der Waals surface area contributed by atoms with E-state index in [0.29, 0.717) is 5.69 Å². The van der Waals surface area contributed by atoms with Crippen LogP contribution in [-0.2, 0) is 10.1 Å². The number of nitrogens with one attached hydrogen (secondary N) is 2. The number of hydrogen-bond donors (Lipinski definition) is 2. The number of halogens is 4. The molecule has 2 aromatic rings. The molecule has 0 aliphatic carbocycles. The summed E-state index contributed by atoms with van der Waals surface area (Å²) in [6.07, 6.45) is 0. The van der Waals surface area contributed by atoms with E-state index in [-0.39, 0.29) is 5.69 Å². The summed E-state index contributed by atoms with van der Waals surface area (Å²) < 4.78 is 63.2. The number of amides is 2. The standard InChI is InChI=1S/C14H10BrF3N2O4S/c15-9-1-3-10(4-2-9)19-13(21)20-11-5-7-12(8-6-11)24-25(22,23)14(16,17)18/h1-8H,(H2,19,20,21). The van der Waals surface area contributed by atoms with Gasteiger partial charge in [-0.1, -0.05) is 15.9 Å². The fourth-order valence-electron chi connectivity index (χ4n) is 1.59. The third-order valence-electron chi connectivity index (χ3n) is 2.70. The van der Waals surface area contributed by atoms with Crippen LogP contribution >= 0.6 is 15.9 Å². The minimum atomic E-state index is -5.73. The second-order valence-corrected chi connectivity index (χ2v) is 7.05. The summed E-state index contributed by atoms with van der Waals surface area (Å²) in [6, 6.07) is 10.5. The van der Waals surface area contributed by atoms with Gasteiger partial charge in [0.05, 0.1) is 0 Å². The molecule has 2 rings (SSSR count). The number of anilines is 2. The number of alkyl halides is 3. The van der Waals surface area contributed by atoms with Crippen LogP contribution in [-0.4, -0.2) is 20.0 Å². The molecule has 2 N–H and O–H groups in total. The van der Waals surface area contributed by atoms with Crippen LogP contribution in [0.4, 0.5) is 29.3 Å². The first-order chi connectivity index (χ1) is 11.6. The largest absolute Gasteiger partial charge is 0.534 e. The highest BCUT2D eigenvalue weighted by Gasteiger charge is 2.48. The van der Waals surface area contributed by atoms with Gasteiger partial charge in [-0.15, -0.1) is 0 Å². The highest BCUT2D eigenvalue weighted by molar-refractivity contribution is 9.10. The van der Waals surface area contributed by atoms with Gasteiger partial charge >= 0.3 is 21.7 Å². The van der Waals surface area contributed by atoms with Crippen molar-refractivity contribution < 1.29 is 30.6 Å². The molecule has 2 aromatic carbocycles. The molecule has 0 aliphatic rings. The average molecular weight is 439 g/mol. The number of rotatable bonds is 4. The van der Waals surface area contributed by atoms with Crippen molar-refractivity contribution in [3.63, 3.8) is 0 Å². The molecule has 0 fully saturated rings. The van der Waals surface area contributed by atoms with Gasteiger partial charge in [-0.3, -0.25) is 0 Å². The quantitative estimate of drug-likeness (QED) is 0.549. The Kier molecular flexibility index (Phi) is 5.58. The number of hydrogen-bond acceptors (Lipinski definition) is 4. The van der Waals surface area contributed by atoms with Crippen molar-refractivity contribution in [3.05, 3.63) is 53.0 Å². The maximum atomic E-state index is 12.2. The zero-order chi connectivity index (χ0) is 18.7. The van der Waals surface area contributed by atoms with Crippen molar-refractivity contribution in [2.75, 3.05) is 10.6 Å². The SMILES string of the molecule is O=C(Nc1ccc(Br)cc1)Nc1ccc(OS(=O)(=O)C(F)(F)F)cc1. The lowest BCUT2D eigenvalue weighted by Crippen LogP contribution is -2.28. The maximum Gasteiger partial charge on any atom is 0.534 e. The summed E-state index contributed by atoms with van der Waals surface area (Å²) in [7, 11) is -5.73. The van der Waals surface area contributed by atoms with Crippen LogP contribution in [0.1, 0.15) is 0 Å². The van der Waals surface area contributed by atoms with Gasteiger partial charge in [-0.25, -0.2) is 4.79 Å². The second kappa shape index (κ2) is 7.31. The fourth-order valence-corrected chi connectivity index (χ4v) is 2.32. The van der Waals surface area contributed by atoms with Crippen molar-refractivity contribution in [3.8, 4) is 5.75 Å². The lowest BCUT2D eigenvalue weighted by molar-refractivity contribution is -0.0500.